The lowest BCUT2D eigenvalue weighted by Crippen LogP contribution is -2.00. The Morgan fingerprint density at radius 2 is 1.21 bits per heavy atom. The maximum atomic E-state index is 5.90. The Balaban J connectivity index is 1.74. The lowest BCUT2D eigenvalue weighted by molar-refractivity contribution is 0.0663. The van der Waals surface area contributed by atoms with Gasteiger partial charge < -0.3 is 9.47 Å². The lowest BCUT2D eigenvalue weighted by Gasteiger charge is -2.13. The molecule has 0 aliphatic carbocycles. The van der Waals surface area contributed by atoms with Gasteiger partial charge in [0.25, 0.3) is 0 Å². The summed E-state index contributed by atoms with van der Waals surface area (Å²) in [5.41, 5.74) is 3.67. The summed E-state index contributed by atoms with van der Waals surface area (Å²) >= 11 is 0. The van der Waals surface area contributed by atoms with Crippen LogP contribution in [-0.4, -0.2) is 13.2 Å². The van der Waals surface area contributed by atoms with Crippen LogP contribution in [0, 0.1) is 0 Å². The van der Waals surface area contributed by atoms with Gasteiger partial charge in [0.1, 0.15) is 5.75 Å². The van der Waals surface area contributed by atoms with Crippen molar-refractivity contribution >= 4 is 0 Å². The number of benzene rings is 2. The van der Waals surface area contributed by atoms with Crippen molar-refractivity contribution in [3.05, 3.63) is 54.1 Å². The first kappa shape index (κ1) is 22.5. The Kier molecular flexibility index (Phi) is 10.8. The van der Waals surface area contributed by atoms with Crippen LogP contribution in [0.2, 0.25) is 0 Å². The summed E-state index contributed by atoms with van der Waals surface area (Å²) in [6, 6.07) is 17.1. The van der Waals surface area contributed by atoms with E-state index in [1.807, 2.05) is 0 Å². The molecule has 0 amide bonds. The summed E-state index contributed by atoms with van der Waals surface area (Å²) in [5.74, 6) is 0.966. The van der Waals surface area contributed by atoms with Crippen molar-refractivity contribution in [2.45, 2.75) is 78.2 Å². The van der Waals surface area contributed by atoms with Crippen LogP contribution in [0.1, 0.15) is 83.8 Å². The molecule has 0 saturated carbocycles. The fourth-order valence-corrected chi connectivity index (χ4v) is 3.33. The zero-order chi connectivity index (χ0) is 20.0. The van der Waals surface area contributed by atoms with E-state index in [1.54, 1.807) is 0 Å². The molecule has 1 unspecified atom stereocenters. The molecule has 0 spiro atoms. The van der Waals surface area contributed by atoms with Crippen LogP contribution < -0.4 is 4.74 Å². The molecule has 0 bridgehead atoms. The van der Waals surface area contributed by atoms with Gasteiger partial charge in [-0.15, -0.1) is 0 Å². The van der Waals surface area contributed by atoms with Crippen molar-refractivity contribution in [1.29, 1.82) is 0 Å². The van der Waals surface area contributed by atoms with Gasteiger partial charge in [0.15, 0.2) is 0 Å². The molecule has 0 aliphatic heterocycles. The van der Waals surface area contributed by atoms with Crippen molar-refractivity contribution in [3.63, 3.8) is 0 Å². The third kappa shape index (κ3) is 8.06. The maximum absolute atomic E-state index is 5.90. The minimum absolute atomic E-state index is 0.149. The van der Waals surface area contributed by atoms with Gasteiger partial charge in [-0.2, -0.15) is 0 Å². The van der Waals surface area contributed by atoms with E-state index >= 15 is 0 Å². The molecule has 1 atom stereocenters. The number of hydrogen-bond acceptors (Lipinski definition) is 2. The van der Waals surface area contributed by atoms with Crippen molar-refractivity contribution < 1.29 is 9.47 Å². The predicted octanol–water partition coefficient (Wildman–Crippen LogP) is 7.97. The molecule has 154 valence electrons. The molecular weight excluding hydrogens is 344 g/mol. The van der Waals surface area contributed by atoms with Crippen LogP contribution >= 0.6 is 0 Å². The topological polar surface area (TPSA) is 18.5 Å². The van der Waals surface area contributed by atoms with Crippen LogP contribution in [0.5, 0.6) is 5.75 Å². The summed E-state index contributed by atoms with van der Waals surface area (Å²) in [6.07, 6.45) is 10.4. The van der Waals surface area contributed by atoms with Crippen LogP contribution in [0.3, 0.4) is 0 Å². The third-order valence-corrected chi connectivity index (χ3v) is 5.16. The van der Waals surface area contributed by atoms with E-state index < -0.39 is 0 Å². The van der Waals surface area contributed by atoms with Crippen molar-refractivity contribution in [3.8, 4) is 16.9 Å². The van der Waals surface area contributed by atoms with Gasteiger partial charge in [0, 0.05) is 6.61 Å². The second kappa shape index (κ2) is 13.4. The van der Waals surface area contributed by atoms with Gasteiger partial charge in [-0.1, -0.05) is 88.8 Å². The highest BCUT2D eigenvalue weighted by Crippen LogP contribution is 2.25. The molecule has 2 nitrogen and oxygen atoms in total. The predicted molar refractivity (Wildman–Crippen MR) is 120 cm³/mol. The van der Waals surface area contributed by atoms with Crippen LogP contribution in [0.25, 0.3) is 11.1 Å². The fourth-order valence-electron chi connectivity index (χ4n) is 3.33. The molecule has 0 saturated heterocycles. The van der Waals surface area contributed by atoms with E-state index in [0.29, 0.717) is 0 Å². The molecular formula is C26H38O2. The molecule has 28 heavy (non-hydrogen) atoms. The highest BCUT2D eigenvalue weighted by atomic mass is 16.5. The Hall–Kier alpha value is -1.80. The van der Waals surface area contributed by atoms with E-state index in [1.165, 1.54) is 55.2 Å². The van der Waals surface area contributed by atoms with Gasteiger partial charge in [0.05, 0.1) is 12.7 Å². The van der Waals surface area contributed by atoms with Gasteiger partial charge >= 0.3 is 0 Å². The van der Waals surface area contributed by atoms with E-state index in [2.05, 4.69) is 69.3 Å². The zero-order valence-corrected chi connectivity index (χ0v) is 18.1. The van der Waals surface area contributed by atoms with Gasteiger partial charge in [-0.3, -0.25) is 0 Å². The van der Waals surface area contributed by atoms with E-state index in [-0.39, 0.29) is 6.10 Å². The molecule has 0 N–H and O–H groups in total. The standard InChI is InChI=1S/C26H38O2/c1-4-6-7-8-9-10-11-21-28-26-18-16-25(17-19-26)24-14-12-23(13-15-24)22(3)27-20-5-2/h12-19,22H,4-11,20-21H2,1-3H3. The van der Waals surface area contributed by atoms with Gasteiger partial charge in [-0.25, -0.2) is 0 Å². The summed E-state index contributed by atoms with van der Waals surface area (Å²) in [4.78, 5) is 0. The Morgan fingerprint density at radius 3 is 1.82 bits per heavy atom. The fraction of sp³-hybridized carbons (Fsp3) is 0.538. The first-order valence-electron chi connectivity index (χ1n) is 11.2. The van der Waals surface area contributed by atoms with Crippen LogP contribution in [0.15, 0.2) is 48.5 Å². The van der Waals surface area contributed by atoms with Crippen LogP contribution in [-0.2, 0) is 4.74 Å². The molecule has 2 aromatic rings. The molecule has 0 radical (unpaired) electrons. The second-order valence-electron chi connectivity index (χ2n) is 7.63. The third-order valence-electron chi connectivity index (χ3n) is 5.16. The maximum Gasteiger partial charge on any atom is 0.119 e. The molecule has 2 aromatic carbocycles. The smallest absolute Gasteiger partial charge is 0.119 e. The average molecular weight is 383 g/mol. The number of rotatable bonds is 14. The van der Waals surface area contributed by atoms with E-state index in [9.17, 15) is 0 Å². The minimum atomic E-state index is 0.149. The molecule has 2 rings (SSSR count). The quantitative estimate of drug-likeness (QED) is 0.308. The van der Waals surface area contributed by atoms with E-state index in [4.69, 9.17) is 9.47 Å². The first-order chi connectivity index (χ1) is 13.7. The summed E-state index contributed by atoms with van der Waals surface area (Å²) in [7, 11) is 0. The highest BCUT2D eigenvalue weighted by molar-refractivity contribution is 5.64. The summed E-state index contributed by atoms with van der Waals surface area (Å²) in [6.45, 7) is 8.14. The number of unbranched alkanes of at least 4 members (excludes halogenated alkanes) is 6. The molecule has 0 aliphatic rings. The van der Waals surface area contributed by atoms with Crippen molar-refractivity contribution in [2.75, 3.05) is 13.2 Å². The molecule has 2 heteroatoms. The van der Waals surface area contributed by atoms with Gasteiger partial charge in [0.2, 0.25) is 0 Å². The van der Waals surface area contributed by atoms with E-state index in [0.717, 1.165) is 31.8 Å². The average Bonchev–Trinajstić information content (AvgIpc) is 2.74. The highest BCUT2D eigenvalue weighted by Gasteiger charge is 2.06. The Bertz CT molecular complexity index is 630. The SMILES string of the molecule is CCCCCCCCCOc1ccc(-c2ccc(C(C)OCCC)cc2)cc1. The number of ether oxygens (including phenoxy) is 2. The summed E-state index contributed by atoms with van der Waals surface area (Å²) in [5, 5.41) is 0. The minimum Gasteiger partial charge on any atom is -0.494 e. The Morgan fingerprint density at radius 1 is 0.643 bits per heavy atom. The van der Waals surface area contributed by atoms with Crippen molar-refractivity contribution in [1.82, 2.24) is 0 Å². The van der Waals surface area contributed by atoms with Crippen molar-refractivity contribution in [2.24, 2.45) is 0 Å². The second-order valence-corrected chi connectivity index (χ2v) is 7.63. The monoisotopic (exact) mass is 382 g/mol. The Labute approximate surface area is 172 Å². The molecule has 0 heterocycles. The zero-order valence-electron chi connectivity index (χ0n) is 18.1. The summed E-state index contributed by atoms with van der Waals surface area (Å²) < 4.78 is 11.7. The van der Waals surface area contributed by atoms with Crippen LogP contribution in [0.4, 0.5) is 0 Å². The molecule has 0 aromatic heterocycles. The normalized spacial score (nSPS) is 12.1. The number of hydrogen-bond donors (Lipinski definition) is 0. The lowest BCUT2D eigenvalue weighted by atomic mass is 10.0. The molecule has 0 fully saturated rings. The first-order valence-corrected chi connectivity index (χ1v) is 11.2. The largest absolute Gasteiger partial charge is 0.494 e. The van der Waals surface area contributed by atoms with Gasteiger partial charge in [-0.05, 0) is 48.6 Å².